The number of fused-ring (bicyclic) bond motifs is 1. The zero-order chi connectivity index (χ0) is 22.8. The van der Waals surface area contributed by atoms with Gasteiger partial charge >= 0.3 is 191 Å². The number of hydrogen-bond acceptors (Lipinski definition) is 0. The van der Waals surface area contributed by atoms with Gasteiger partial charge in [0.05, 0.1) is 0 Å². The molecule has 0 aliphatic heterocycles. The number of rotatable bonds is 5. The molecule has 2 aromatic rings. The van der Waals surface area contributed by atoms with E-state index in [0.29, 0.717) is 8.66 Å². The minimum atomic E-state index is -0.830. The van der Waals surface area contributed by atoms with Crippen molar-refractivity contribution < 1.29 is 48.0 Å². The van der Waals surface area contributed by atoms with E-state index >= 15 is 0 Å². The van der Waals surface area contributed by atoms with Crippen molar-refractivity contribution in [2.24, 2.45) is 0 Å². The second-order valence-electron chi connectivity index (χ2n) is 9.07. The maximum Gasteiger partial charge on any atom is -1.00 e. The fourth-order valence-corrected chi connectivity index (χ4v) is 14.4. The maximum atomic E-state index is 2.56. The fourth-order valence-electron chi connectivity index (χ4n) is 5.12. The Morgan fingerprint density at radius 1 is 0.909 bits per heavy atom. The Labute approximate surface area is 228 Å². The summed E-state index contributed by atoms with van der Waals surface area (Å²) in [6, 6.07) is 17.9. The molecule has 0 amide bonds. The Morgan fingerprint density at radius 3 is 2.12 bits per heavy atom. The SMILES string of the molecule is CC.CCC1=Cc2c(-c3ccccc3)cccc2[CH]1[Zr+2][C]1=C(C)C=C(C)C1(C)[SiH](C)C.[Cl-].[Cl-]. The predicted octanol–water partition coefficient (Wildman–Crippen LogP) is 2.80. The topological polar surface area (TPSA) is 0 Å². The molecular formula is C29H38Cl2SiZr. The van der Waals surface area contributed by atoms with Crippen LogP contribution in [0.1, 0.15) is 62.7 Å². The van der Waals surface area contributed by atoms with E-state index in [1.165, 1.54) is 23.1 Å². The Morgan fingerprint density at radius 2 is 1.55 bits per heavy atom. The van der Waals surface area contributed by atoms with Crippen molar-refractivity contribution in [3.8, 4) is 11.1 Å². The summed E-state index contributed by atoms with van der Waals surface area (Å²) in [4.78, 5) is 0. The van der Waals surface area contributed by atoms with Gasteiger partial charge < -0.3 is 24.8 Å². The third-order valence-electron chi connectivity index (χ3n) is 7.25. The van der Waals surface area contributed by atoms with Crippen molar-refractivity contribution in [2.45, 2.75) is 69.7 Å². The van der Waals surface area contributed by atoms with Crippen LogP contribution in [0.15, 0.2) is 74.6 Å². The van der Waals surface area contributed by atoms with Gasteiger partial charge in [-0.25, -0.2) is 0 Å². The standard InChI is InChI=1S/C17H15.C10H17Si.C2H6.2ClH.Zr/c1-2-13-11-15-9-6-10-16(17(15)12-13)14-7-4-3-5-8-14;1-8-6-9(2)10(3,7-8)11(4)5;1-2;;;/h3-12H,2H2,1H3;6,11H,1-5H3;1-2H3;2*1H;/q;;;;;+2/p-2. The van der Waals surface area contributed by atoms with Crippen LogP contribution in [0.25, 0.3) is 17.2 Å². The van der Waals surface area contributed by atoms with Crippen molar-refractivity contribution in [1.29, 1.82) is 0 Å². The van der Waals surface area contributed by atoms with Crippen molar-refractivity contribution in [1.82, 2.24) is 0 Å². The van der Waals surface area contributed by atoms with Crippen LogP contribution < -0.4 is 24.8 Å². The third kappa shape index (κ3) is 5.61. The van der Waals surface area contributed by atoms with Crippen LogP contribution in [0.2, 0.25) is 18.1 Å². The zero-order valence-corrected chi connectivity index (χ0v) is 26.5. The molecule has 4 rings (SSSR count). The van der Waals surface area contributed by atoms with Crippen LogP contribution in [0.5, 0.6) is 0 Å². The quantitative estimate of drug-likeness (QED) is 0.481. The summed E-state index contributed by atoms with van der Waals surface area (Å²) in [6.45, 7) is 18.8. The fraction of sp³-hybridized carbons (Fsp3) is 0.379. The molecule has 0 spiro atoms. The number of hydrogen-bond donors (Lipinski definition) is 0. The Kier molecular flexibility index (Phi) is 11.8. The van der Waals surface area contributed by atoms with Gasteiger partial charge in [-0.05, 0) is 0 Å². The van der Waals surface area contributed by atoms with Crippen molar-refractivity contribution in [3.05, 3.63) is 85.7 Å². The summed E-state index contributed by atoms with van der Waals surface area (Å²) in [6.07, 6.45) is 6.22. The van der Waals surface area contributed by atoms with E-state index in [9.17, 15) is 0 Å². The molecule has 2 aromatic carbocycles. The minimum Gasteiger partial charge on any atom is -1.00 e. The van der Waals surface area contributed by atoms with Crippen LogP contribution >= 0.6 is 0 Å². The molecule has 2 unspecified atom stereocenters. The summed E-state index contributed by atoms with van der Waals surface area (Å²) >= 11 is -0.790. The zero-order valence-electron chi connectivity index (χ0n) is 21.4. The van der Waals surface area contributed by atoms with Crippen molar-refractivity contribution >= 4 is 14.9 Å². The van der Waals surface area contributed by atoms with E-state index in [2.05, 4.69) is 101 Å². The molecule has 2 aliphatic rings. The van der Waals surface area contributed by atoms with Crippen LogP contribution in [0, 0.1) is 0 Å². The average molecular weight is 577 g/mol. The van der Waals surface area contributed by atoms with Gasteiger partial charge in [-0.3, -0.25) is 0 Å². The van der Waals surface area contributed by atoms with E-state index in [-0.39, 0.29) is 24.8 Å². The summed E-state index contributed by atoms with van der Waals surface area (Å²) in [7, 11) is -0.830. The monoisotopic (exact) mass is 574 g/mol. The molecule has 176 valence electrons. The van der Waals surface area contributed by atoms with Crippen molar-refractivity contribution in [2.75, 3.05) is 0 Å². The maximum absolute atomic E-state index is 2.56. The van der Waals surface area contributed by atoms with E-state index in [1.54, 1.807) is 22.3 Å². The second-order valence-corrected chi connectivity index (χ2v) is 15.9. The van der Waals surface area contributed by atoms with Gasteiger partial charge in [0.25, 0.3) is 0 Å². The second kappa shape index (κ2) is 12.9. The van der Waals surface area contributed by atoms with E-state index < -0.39 is 32.0 Å². The molecule has 33 heavy (non-hydrogen) atoms. The summed E-state index contributed by atoms with van der Waals surface area (Å²) in [5, 5.41) is 0.398. The first-order valence-electron chi connectivity index (χ1n) is 11.9. The molecule has 0 N–H and O–H groups in total. The largest absolute Gasteiger partial charge is 1.00 e. The molecule has 0 saturated carbocycles. The van der Waals surface area contributed by atoms with E-state index in [1.807, 2.05) is 17.1 Å². The minimum absolute atomic E-state index is 0. The smallest absolute Gasteiger partial charge is 1.00 e. The molecular weight excluding hydrogens is 539 g/mol. The normalized spacial score (nSPS) is 20.6. The molecule has 0 fully saturated rings. The van der Waals surface area contributed by atoms with Crippen LogP contribution in [-0.4, -0.2) is 8.80 Å². The molecule has 0 nitrogen and oxygen atoms in total. The van der Waals surface area contributed by atoms with Gasteiger partial charge in [0.2, 0.25) is 0 Å². The van der Waals surface area contributed by atoms with Gasteiger partial charge in [-0.15, -0.1) is 0 Å². The summed E-state index contributed by atoms with van der Waals surface area (Å²) in [5.41, 5.74) is 10.7. The molecule has 0 aromatic heterocycles. The molecule has 4 heteroatoms. The van der Waals surface area contributed by atoms with Gasteiger partial charge in [0.15, 0.2) is 0 Å². The first-order valence-corrected chi connectivity index (χ1v) is 17.5. The van der Waals surface area contributed by atoms with Crippen LogP contribution in [0.3, 0.4) is 0 Å². The van der Waals surface area contributed by atoms with Gasteiger partial charge in [-0.1, -0.05) is 13.8 Å². The first-order chi connectivity index (χ1) is 14.9. The molecule has 0 heterocycles. The van der Waals surface area contributed by atoms with Crippen LogP contribution in [0.4, 0.5) is 0 Å². The van der Waals surface area contributed by atoms with Gasteiger partial charge in [0, 0.05) is 0 Å². The van der Waals surface area contributed by atoms with E-state index in [4.69, 9.17) is 0 Å². The van der Waals surface area contributed by atoms with Crippen LogP contribution in [-0.2, 0) is 23.2 Å². The Balaban J connectivity index is 0.00000133. The van der Waals surface area contributed by atoms with Gasteiger partial charge in [0.1, 0.15) is 0 Å². The Hall–Kier alpha value is -0.660. The average Bonchev–Trinajstić information content (AvgIpc) is 3.26. The molecule has 0 saturated heterocycles. The number of benzene rings is 2. The summed E-state index contributed by atoms with van der Waals surface area (Å²) < 4.78 is 2.57. The molecule has 0 bridgehead atoms. The van der Waals surface area contributed by atoms with E-state index in [0.717, 1.165) is 0 Å². The molecule has 2 atom stereocenters. The molecule has 0 radical (unpaired) electrons. The number of halogens is 2. The van der Waals surface area contributed by atoms with Gasteiger partial charge in [-0.2, -0.15) is 0 Å². The molecule has 2 aliphatic carbocycles. The summed E-state index contributed by atoms with van der Waals surface area (Å²) in [5.74, 6) is 0. The Bertz CT molecular complexity index is 1040. The predicted molar refractivity (Wildman–Crippen MR) is 138 cm³/mol. The third-order valence-corrected chi connectivity index (χ3v) is 16.4. The number of allylic oxidation sites excluding steroid dienone is 5. The van der Waals surface area contributed by atoms with Crippen molar-refractivity contribution in [3.63, 3.8) is 0 Å². The first kappa shape index (κ1) is 30.4.